The number of amides is 3. The van der Waals surface area contributed by atoms with Gasteiger partial charge in [0.2, 0.25) is 0 Å². The third-order valence-corrected chi connectivity index (χ3v) is 1.96. The predicted molar refractivity (Wildman–Crippen MR) is 63.6 cm³/mol. The van der Waals surface area contributed by atoms with Gasteiger partial charge in [-0.1, -0.05) is 0 Å². The van der Waals surface area contributed by atoms with Crippen LogP contribution in [0, 0.1) is 6.92 Å². The topological polar surface area (TPSA) is 123 Å². The highest BCUT2D eigenvalue weighted by Gasteiger charge is 2.11. The zero-order valence-electron chi connectivity index (χ0n) is 10.5. The summed E-state index contributed by atoms with van der Waals surface area (Å²) < 4.78 is 5.97. The number of imide groups is 1. The molecule has 1 aromatic heterocycles. The van der Waals surface area contributed by atoms with Gasteiger partial charge >= 0.3 is 12.0 Å². The first kappa shape index (κ1) is 14.6. The van der Waals surface area contributed by atoms with E-state index in [0.29, 0.717) is 11.5 Å². The van der Waals surface area contributed by atoms with Gasteiger partial charge in [0.1, 0.15) is 19.0 Å². The lowest BCUT2D eigenvalue weighted by atomic mass is 10.5. The second kappa shape index (κ2) is 6.50. The van der Waals surface area contributed by atoms with E-state index in [-0.39, 0.29) is 0 Å². The molecule has 0 aliphatic heterocycles. The maximum Gasteiger partial charge on any atom is 0.329 e. The molecule has 0 fully saturated rings. The summed E-state index contributed by atoms with van der Waals surface area (Å²) in [5, 5.41) is 16.7. The molecule has 1 rings (SSSR count). The van der Waals surface area contributed by atoms with Gasteiger partial charge in [0.15, 0.2) is 0 Å². The van der Waals surface area contributed by atoms with Crippen molar-refractivity contribution in [1.82, 2.24) is 15.1 Å². The number of aliphatic carboxylic acids is 1. The van der Waals surface area contributed by atoms with Gasteiger partial charge in [-0.3, -0.25) is 20.1 Å². The van der Waals surface area contributed by atoms with E-state index in [4.69, 9.17) is 5.11 Å². The second-order valence-electron chi connectivity index (χ2n) is 3.68. The number of aromatic nitrogens is 2. The van der Waals surface area contributed by atoms with Gasteiger partial charge in [0.25, 0.3) is 5.91 Å². The Balaban J connectivity index is 2.36. The Morgan fingerprint density at radius 1 is 1.42 bits per heavy atom. The smallest absolute Gasteiger partial charge is 0.329 e. The molecule has 1 heterocycles. The molecule has 1 aromatic rings. The fourth-order valence-electron chi connectivity index (χ4n) is 1.27. The number of urea groups is 1. The van der Waals surface area contributed by atoms with Crippen molar-refractivity contribution in [2.24, 2.45) is 7.05 Å². The van der Waals surface area contributed by atoms with E-state index in [0.717, 1.165) is 0 Å². The van der Waals surface area contributed by atoms with Crippen molar-refractivity contribution in [2.45, 2.75) is 6.92 Å². The Hall–Kier alpha value is -2.42. The molecule has 0 radical (unpaired) electrons. The van der Waals surface area contributed by atoms with Gasteiger partial charge in [-0.15, -0.1) is 0 Å². The molecule has 19 heavy (non-hydrogen) atoms. The van der Waals surface area contributed by atoms with E-state index in [2.05, 4.69) is 15.2 Å². The zero-order valence-corrected chi connectivity index (χ0v) is 10.5. The molecule has 0 bridgehead atoms. The zero-order chi connectivity index (χ0) is 14.4. The number of hydrogen-bond acceptors (Lipinski definition) is 5. The first-order valence-corrected chi connectivity index (χ1v) is 5.29. The van der Waals surface area contributed by atoms with Crippen LogP contribution in [0.15, 0.2) is 6.07 Å². The molecule has 0 spiro atoms. The van der Waals surface area contributed by atoms with E-state index < -0.39 is 31.1 Å². The van der Waals surface area contributed by atoms with Crippen LogP contribution in [0.2, 0.25) is 0 Å². The molecule has 3 N–H and O–H groups in total. The summed E-state index contributed by atoms with van der Waals surface area (Å²) in [6, 6.07) is 0.886. The number of nitrogens with zero attached hydrogens (tertiary/aromatic N) is 2. The number of nitrogens with one attached hydrogen (secondary N) is 2. The number of aryl methyl sites for hydroxylation is 2. The number of rotatable bonds is 5. The summed E-state index contributed by atoms with van der Waals surface area (Å²) in [5.74, 6) is -1.51. The molecule has 0 aromatic carbocycles. The van der Waals surface area contributed by atoms with Gasteiger partial charge < -0.3 is 9.84 Å². The Kier molecular flexibility index (Phi) is 5.01. The fraction of sp³-hybridized carbons (Fsp3) is 0.400. The Bertz CT molecular complexity index is 496. The molecule has 104 valence electrons. The molecule has 0 saturated carbocycles. The number of ether oxygens (including phenoxy) is 1. The predicted octanol–water partition coefficient (Wildman–Crippen LogP) is -0.522. The Labute approximate surface area is 108 Å². The van der Waals surface area contributed by atoms with Gasteiger partial charge in [-0.25, -0.2) is 9.59 Å². The number of carbonyl (C=O) groups is 3. The van der Waals surface area contributed by atoms with Gasteiger partial charge in [0, 0.05) is 13.1 Å². The van der Waals surface area contributed by atoms with Crippen molar-refractivity contribution in [2.75, 3.05) is 18.5 Å². The molecule has 3 amide bonds. The summed E-state index contributed by atoms with van der Waals surface area (Å²) in [4.78, 5) is 32.8. The summed E-state index contributed by atoms with van der Waals surface area (Å²) in [5.41, 5.74) is 0.717. The van der Waals surface area contributed by atoms with Crippen LogP contribution >= 0.6 is 0 Å². The fourth-order valence-corrected chi connectivity index (χ4v) is 1.27. The maximum absolute atomic E-state index is 11.4. The third-order valence-electron chi connectivity index (χ3n) is 1.96. The largest absolute Gasteiger partial charge is 0.480 e. The van der Waals surface area contributed by atoms with Crippen molar-refractivity contribution in [3.05, 3.63) is 11.8 Å². The van der Waals surface area contributed by atoms with Crippen LogP contribution < -0.4 is 10.6 Å². The average molecular weight is 270 g/mol. The summed E-state index contributed by atoms with van der Waals surface area (Å²) in [6.45, 7) is 0.647. The summed E-state index contributed by atoms with van der Waals surface area (Å²) in [7, 11) is 1.64. The van der Waals surface area contributed by atoms with Crippen LogP contribution in [0.1, 0.15) is 5.69 Å². The van der Waals surface area contributed by atoms with E-state index >= 15 is 0 Å². The Morgan fingerprint density at radius 3 is 2.63 bits per heavy atom. The van der Waals surface area contributed by atoms with Crippen LogP contribution in [0.25, 0.3) is 0 Å². The number of anilines is 1. The first-order valence-electron chi connectivity index (χ1n) is 5.29. The molecule has 9 nitrogen and oxygen atoms in total. The maximum atomic E-state index is 11.4. The lowest BCUT2D eigenvalue weighted by molar-refractivity contribution is -0.143. The van der Waals surface area contributed by atoms with Gasteiger partial charge in [0.05, 0.1) is 5.69 Å². The minimum absolute atomic E-state index is 0.425. The highest BCUT2D eigenvalue weighted by molar-refractivity contribution is 6.01. The second-order valence-corrected chi connectivity index (χ2v) is 3.68. The highest BCUT2D eigenvalue weighted by Crippen LogP contribution is 2.07. The first-order chi connectivity index (χ1) is 8.88. The van der Waals surface area contributed by atoms with Crippen molar-refractivity contribution >= 4 is 23.7 Å². The number of carboxylic acids is 1. The van der Waals surface area contributed by atoms with Crippen molar-refractivity contribution in [1.29, 1.82) is 0 Å². The SMILES string of the molecule is Cc1cc(NC(=O)NC(=O)COCC(=O)O)n(C)n1. The van der Waals surface area contributed by atoms with Crippen LogP contribution in [0.3, 0.4) is 0 Å². The van der Waals surface area contributed by atoms with Crippen LogP contribution in [0.4, 0.5) is 10.6 Å². The van der Waals surface area contributed by atoms with Crippen LogP contribution in [-0.4, -0.2) is 46.0 Å². The summed E-state index contributed by atoms with van der Waals surface area (Å²) >= 11 is 0. The Morgan fingerprint density at radius 2 is 2.11 bits per heavy atom. The van der Waals surface area contributed by atoms with Crippen molar-refractivity contribution < 1.29 is 24.2 Å². The standard InChI is InChI=1S/C10H14N4O5/c1-6-3-7(14(2)13-6)11-10(18)12-8(15)4-19-5-9(16)17/h3H,4-5H2,1-2H3,(H,16,17)(H2,11,12,15,18). The molecule has 0 unspecified atom stereocenters. The minimum Gasteiger partial charge on any atom is -0.480 e. The molecule has 0 aliphatic carbocycles. The highest BCUT2D eigenvalue weighted by atomic mass is 16.5. The number of hydrogen-bond donors (Lipinski definition) is 3. The van der Waals surface area contributed by atoms with Gasteiger partial charge in [-0.05, 0) is 6.92 Å². The lowest BCUT2D eigenvalue weighted by Gasteiger charge is -2.06. The monoisotopic (exact) mass is 270 g/mol. The average Bonchev–Trinajstić information content (AvgIpc) is 2.56. The van der Waals surface area contributed by atoms with E-state index in [1.165, 1.54) is 4.68 Å². The van der Waals surface area contributed by atoms with Crippen molar-refractivity contribution in [3.8, 4) is 0 Å². The summed E-state index contributed by atoms with van der Waals surface area (Å²) in [6.07, 6.45) is 0. The molecular weight excluding hydrogens is 256 g/mol. The molecule has 0 aliphatic rings. The normalized spacial score (nSPS) is 10.0. The molecule has 0 atom stereocenters. The van der Waals surface area contributed by atoms with E-state index in [1.54, 1.807) is 20.0 Å². The van der Waals surface area contributed by atoms with Gasteiger partial charge in [-0.2, -0.15) is 5.10 Å². The van der Waals surface area contributed by atoms with E-state index in [1.807, 2.05) is 5.32 Å². The van der Waals surface area contributed by atoms with E-state index in [9.17, 15) is 14.4 Å². The van der Waals surface area contributed by atoms with Crippen LogP contribution in [0.5, 0.6) is 0 Å². The quantitative estimate of drug-likeness (QED) is 0.661. The molecular formula is C10H14N4O5. The lowest BCUT2D eigenvalue weighted by Crippen LogP contribution is -2.37. The minimum atomic E-state index is -1.19. The molecule has 0 saturated heterocycles. The van der Waals surface area contributed by atoms with Crippen molar-refractivity contribution in [3.63, 3.8) is 0 Å². The molecule has 9 heteroatoms. The third kappa shape index (κ3) is 5.17. The van der Waals surface area contributed by atoms with Crippen LogP contribution in [-0.2, 0) is 21.4 Å². The number of carboxylic acid groups (broad SMARTS) is 1. The number of carbonyl (C=O) groups excluding carboxylic acids is 2.